The van der Waals surface area contributed by atoms with Crippen LogP contribution in [0.25, 0.3) is 0 Å². The Morgan fingerprint density at radius 3 is 2.58 bits per heavy atom. The first-order chi connectivity index (χ1) is 8.92. The number of phenolic OH excluding ortho intramolecular Hbond substituents is 1. The molecule has 1 aromatic carbocycles. The molecule has 0 amide bonds. The molecule has 4 nitrogen and oxygen atoms in total. The minimum Gasteiger partial charge on any atom is -0.508 e. The van der Waals surface area contributed by atoms with Crippen molar-refractivity contribution in [3.63, 3.8) is 0 Å². The van der Waals surface area contributed by atoms with E-state index in [1.165, 1.54) is 23.9 Å². The van der Waals surface area contributed by atoms with Gasteiger partial charge in [-0.2, -0.15) is 17.0 Å². The molecule has 0 aliphatic carbocycles. The fraction of sp³-hybridized carbons (Fsp3) is 0.429. The predicted octanol–water partition coefficient (Wildman–Crippen LogP) is 2.62. The average Bonchev–Trinajstić information content (AvgIpc) is 2.40. The number of rotatable bonds is 6. The van der Waals surface area contributed by atoms with E-state index in [2.05, 4.69) is 6.07 Å². The van der Waals surface area contributed by atoms with E-state index in [0.717, 1.165) is 0 Å². The Balaban J connectivity index is 2.77. The molecule has 0 bridgehead atoms. The number of nitrogens with zero attached hydrogens (tertiary/aromatic N) is 1. The largest absolute Gasteiger partial charge is 0.508 e. The average molecular weight is 279 g/mol. The number of Topliss-reactive ketones (excluding diaryl/α,β-unsaturated/α-hetero) is 1. The Kier molecular flexibility index (Phi) is 5.25. The molecule has 0 spiro atoms. The minimum atomic E-state index is -1.05. The maximum Gasteiger partial charge on any atom is 0.193 e. The second-order valence-corrected chi connectivity index (χ2v) is 5.36. The predicted molar refractivity (Wildman–Crippen MR) is 75.3 cm³/mol. The van der Waals surface area contributed by atoms with Gasteiger partial charge in [-0.25, -0.2) is 0 Å². The van der Waals surface area contributed by atoms with Crippen LogP contribution in [0.4, 0.5) is 0 Å². The van der Waals surface area contributed by atoms with Gasteiger partial charge >= 0.3 is 0 Å². The Morgan fingerprint density at radius 2 is 2.11 bits per heavy atom. The lowest BCUT2D eigenvalue weighted by atomic mass is 9.87. The van der Waals surface area contributed by atoms with Gasteiger partial charge < -0.3 is 9.84 Å². The number of benzene rings is 1. The van der Waals surface area contributed by atoms with Gasteiger partial charge in [0.2, 0.25) is 0 Å². The maximum absolute atomic E-state index is 12.2. The number of carbonyl (C=O) groups is 1. The van der Waals surface area contributed by atoms with Crippen molar-refractivity contribution in [1.29, 1.82) is 5.26 Å². The molecule has 0 saturated carbocycles. The standard InChI is InChI=1S/C14H17NO3S/c1-10(13(17)14(2,8-15)9-19-3)18-12-6-4-11(16)5-7-12/h4-7,10,16H,9H2,1-3H3. The van der Waals surface area contributed by atoms with E-state index >= 15 is 0 Å². The van der Waals surface area contributed by atoms with Gasteiger partial charge in [-0.15, -0.1) is 0 Å². The van der Waals surface area contributed by atoms with Gasteiger partial charge in [0.25, 0.3) is 0 Å². The molecule has 1 aromatic rings. The summed E-state index contributed by atoms with van der Waals surface area (Å²) in [6, 6.07) is 8.19. The number of phenols is 1. The third kappa shape index (κ3) is 3.90. The lowest BCUT2D eigenvalue weighted by molar-refractivity contribution is -0.130. The fourth-order valence-corrected chi connectivity index (χ4v) is 2.46. The summed E-state index contributed by atoms with van der Waals surface area (Å²) in [4.78, 5) is 12.2. The Bertz CT molecular complexity index is 480. The van der Waals surface area contributed by atoms with E-state index in [4.69, 9.17) is 15.1 Å². The number of carbonyl (C=O) groups excluding carboxylic acids is 1. The zero-order valence-corrected chi connectivity index (χ0v) is 12.0. The van der Waals surface area contributed by atoms with E-state index in [9.17, 15) is 4.79 Å². The van der Waals surface area contributed by atoms with Crippen molar-refractivity contribution in [2.75, 3.05) is 12.0 Å². The Labute approximate surface area is 117 Å². The highest BCUT2D eigenvalue weighted by atomic mass is 32.2. The summed E-state index contributed by atoms with van der Waals surface area (Å²) in [5, 5.41) is 18.3. The number of nitriles is 1. The Hall–Kier alpha value is -1.67. The summed E-state index contributed by atoms with van der Waals surface area (Å²) in [5.74, 6) is 0.821. The van der Waals surface area contributed by atoms with Gasteiger partial charge in [0.05, 0.1) is 6.07 Å². The lowest BCUT2D eigenvalue weighted by Crippen LogP contribution is -2.39. The second kappa shape index (κ2) is 6.48. The fourth-order valence-electron chi connectivity index (χ4n) is 1.68. The quantitative estimate of drug-likeness (QED) is 0.866. The smallest absolute Gasteiger partial charge is 0.193 e. The SMILES string of the molecule is CSCC(C)(C#N)C(=O)C(C)Oc1ccc(O)cc1. The summed E-state index contributed by atoms with van der Waals surface area (Å²) in [6.45, 7) is 3.26. The van der Waals surface area contributed by atoms with Crippen LogP contribution in [0.2, 0.25) is 0 Å². The molecule has 0 heterocycles. The molecule has 0 aliphatic rings. The summed E-state index contributed by atoms with van der Waals surface area (Å²) in [5.41, 5.74) is -1.05. The van der Waals surface area contributed by atoms with Crippen molar-refractivity contribution in [1.82, 2.24) is 0 Å². The van der Waals surface area contributed by atoms with Crippen molar-refractivity contribution in [2.45, 2.75) is 20.0 Å². The number of aromatic hydroxyl groups is 1. The number of thioether (sulfide) groups is 1. The third-order valence-electron chi connectivity index (χ3n) is 2.74. The van der Waals surface area contributed by atoms with Crippen LogP contribution < -0.4 is 4.74 Å². The number of hydrogen-bond donors (Lipinski definition) is 1. The molecule has 0 saturated heterocycles. The topological polar surface area (TPSA) is 70.3 Å². The first kappa shape index (κ1) is 15.4. The zero-order chi connectivity index (χ0) is 14.5. The van der Waals surface area contributed by atoms with Crippen LogP contribution in [-0.4, -0.2) is 29.0 Å². The van der Waals surface area contributed by atoms with Gasteiger partial charge in [-0.1, -0.05) is 0 Å². The van der Waals surface area contributed by atoms with Crippen LogP contribution in [0.3, 0.4) is 0 Å². The number of hydrogen-bond acceptors (Lipinski definition) is 5. The molecule has 102 valence electrons. The molecule has 0 fully saturated rings. The molecule has 19 heavy (non-hydrogen) atoms. The lowest BCUT2D eigenvalue weighted by Gasteiger charge is -2.23. The van der Waals surface area contributed by atoms with Crippen molar-refractivity contribution in [3.05, 3.63) is 24.3 Å². The van der Waals surface area contributed by atoms with Crippen molar-refractivity contribution in [3.8, 4) is 17.6 Å². The highest BCUT2D eigenvalue weighted by Gasteiger charge is 2.37. The number of ether oxygens (including phenoxy) is 1. The van der Waals surface area contributed by atoms with E-state index < -0.39 is 11.5 Å². The van der Waals surface area contributed by atoms with Gasteiger partial charge in [-0.3, -0.25) is 4.79 Å². The molecule has 0 aliphatic heterocycles. The van der Waals surface area contributed by atoms with Crippen molar-refractivity contribution in [2.24, 2.45) is 5.41 Å². The van der Waals surface area contributed by atoms with E-state index in [1.807, 2.05) is 6.26 Å². The van der Waals surface area contributed by atoms with Crippen LogP contribution >= 0.6 is 11.8 Å². The van der Waals surface area contributed by atoms with Crippen LogP contribution in [0.15, 0.2) is 24.3 Å². The number of ketones is 1. The van der Waals surface area contributed by atoms with Crippen LogP contribution in [0.5, 0.6) is 11.5 Å². The molecule has 0 aromatic heterocycles. The summed E-state index contributed by atoms with van der Waals surface area (Å²) in [6.07, 6.45) is 1.15. The molecule has 1 rings (SSSR count). The Morgan fingerprint density at radius 1 is 1.53 bits per heavy atom. The van der Waals surface area contributed by atoms with Crippen molar-refractivity contribution >= 4 is 17.5 Å². The zero-order valence-electron chi connectivity index (χ0n) is 11.2. The first-order valence-electron chi connectivity index (χ1n) is 5.83. The second-order valence-electron chi connectivity index (χ2n) is 4.50. The minimum absolute atomic E-state index is 0.135. The third-order valence-corrected chi connectivity index (χ3v) is 3.61. The van der Waals surface area contributed by atoms with Gasteiger partial charge in [0.1, 0.15) is 16.9 Å². The summed E-state index contributed by atoms with van der Waals surface area (Å²) in [7, 11) is 0. The molecule has 2 atom stereocenters. The summed E-state index contributed by atoms with van der Waals surface area (Å²) >= 11 is 1.46. The molecule has 5 heteroatoms. The van der Waals surface area contributed by atoms with E-state index in [1.54, 1.807) is 26.0 Å². The van der Waals surface area contributed by atoms with Gasteiger partial charge in [0.15, 0.2) is 11.9 Å². The van der Waals surface area contributed by atoms with Crippen molar-refractivity contribution < 1.29 is 14.6 Å². The molecule has 1 N–H and O–H groups in total. The van der Waals surface area contributed by atoms with E-state index in [0.29, 0.717) is 11.5 Å². The maximum atomic E-state index is 12.2. The molecular weight excluding hydrogens is 262 g/mol. The molecular formula is C14H17NO3S. The monoisotopic (exact) mass is 279 g/mol. The van der Waals surface area contributed by atoms with Crippen LogP contribution in [0.1, 0.15) is 13.8 Å². The van der Waals surface area contributed by atoms with Gasteiger partial charge in [0, 0.05) is 5.75 Å². The van der Waals surface area contributed by atoms with E-state index in [-0.39, 0.29) is 11.5 Å². The van der Waals surface area contributed by atoms with Gasteiger partial charge in [-0.05, 0) is 44.4 Å². The van der Waals surface area contributed by atoms with Crippen LogP contribution in [0, 0.1) is 16.7 Å². The highest BCUT2D eigenvalue weighted by molar-refractivity contribution is 7.98. The first-order valence-corrected chi connectivity index (χ1v) is 7.22. The normalized spacial score (nSPS) is 15.1. The molecule has 2 unspecified atom stereocenters. The summed E-state index contributed by atoms with van der Waals surface area (Å²) < 4.78 is 5.50. The highest BCUT2D eigenvalue weighted by Crippen LogP contribution is 2.25. The molecule has 0 radical (unpaired) electrons. The van der Waals surface area contributed by atoms with Crippen LogP contribution in [-0.2, 0) is 4.79 Å².